The van der Waals surface area contributed by atoms with Crippen LogP contribution in [0.3, 0.4) is 0 Å². The molecule has 8 nitrogen and oxygen atoms in total. The van der Waals surface area contributed by atoms with E-state index >= 15 is 0 Å². The number of piperidine rings is 1. The Morgan fingerprint density at radius 2 is 1.93 bits per heavy atom. The molecular weight excluding hydrogens is 358 g/mol. The van der Waals surface area contributed by atoms with Crippen molar-refractivity contribution in [1.82, 2.24) is 10.4 Å². The Hall–Kier alpha value is -2.87. The van der Waals surface area contributed by atoms with E-state index in [0.717, 1.165) is 50.1 Å². The minimum atomic E-state index is -0.341. The Kier molecular flexibility index (Phi) is 7.02. The van der Waals surface area contributed by atoms with E-state index in [2.05, 4.69) is 10.3 Å². The summed E-state index contributed by atoms with van der Waals surface area (Å²) in [6.45, 7) is 2.04. The number of hydrogen-bond acceptors (Lipinski definition) is 5. The van der Waals surface area contributed by atoms with Crippen molar-refractivity contribution in [1.29, 1.82) is 0 Å². The zero-order valence-corrected chi connectivity index (χ0v) is 15.9. The average molecular weight is 385 g/mol. The normalized spacial score (nSPS) is 16.9. The molecule has 1 fully saturated rings. The zero-order valence-electron chi connectivity index (χ0n) is 15.9. The van der Waals surface area contributed by atoms with Crippen LogP contribution in [0.5, 0.6) is 0 Å². The standard InChI is InChI=1S/C20H27N5O3/c26-19(23-28)4-1-3-16-9-13-24(14-10-16)20(27)22-17-5-7-18(8-6-17)25-12-2-11-21-15-25/h2,5-8,11-12,16,28H,1,3-4,9-10,13-15H2,(H,22,27)(H,23,26). The summed E-state index contributed by atoms with van der Waals surface area (Å²) in [5.41, 5.74) is 3.46. The molecule has 8 heteroatoms. The molecule has 0 unspecified atom stereocenters. The van der Waals surface area contributed by atoms with Gasteiger partial charge in [-0.15, -0.1) is 0 Å². The van der Waals surface area contributed by atoms with Crippen molar-refractivity contribution in [3.05, 3.63) is 36.5 Å². The van der Waals surface area contributed by atoms with Gasteiger partial charge in [0, 0.05) is 43.3 Å². The maximum absolute atomic E-state index is 12.5. The first kappa shape index (κ1) is 19.9. The summed E-state index contributed by atoms with van der Waals surface area (Å²) in [7, 11) is 0. The third-order valence-corrected chi connectivity index (χ3v) is 5.18. The second-order valence-corrected chi connectivity index (χ2v) is 7.12. The molecular formula is C20H27N5O3. The minimum absolute atomic E-state index is 0.0756. The lowest BCUT2D eigenvalue weighted by molar-refractivity contribution is -0.129. The summed E-state index contributed by atoms with van der Waals surface area (Å²) < 4.78 is 0. The van der Waals surface area contributed by atoms with Gasteiger partial charge in [0.05, 0.1) is 0 Å². The Balaban J connectivity index is 1.41. The zero-order chi connectivity index (χ0) is 19.8. The van der Waals surface area contributed by atoms with Gasteiger partial charge in [0.2, 0.25) is 5.91 Å². The lowest BCUT2D eigenvalue weighted by Crippen LogP contribution is -2.41. The number of nitrogens with one attached hydrogen (secondary N) is 2. The topological polar surface area (TPSA) is 97.3 Å². The molecule has 150 valence electrons. The highest BCUT2D eigenvalue weighted by atomic mass is 16.5. The second kappa shape index (κ2) is 9.89. The van der Waals surface area contributed by atoms with E-state index in [4.69, 9.17) is 5.21 Å². The number of likely N-dealkylation sites (tertiary alicyclic amines) is 1. The lowest BCUT2D eigenvalue weighted by atomic mass is 9.91. The first-order valence-electron chi connectivity index (χ1n) is 9.68. The molecule has 0 aromatic heterocycles. The Labute approximate surface area is 164 Å². The van der Waals surface area contributed by atoms with Gasteiger partial charge in [-0.25, -0.2) is 10.3 Å². The van der Waals surface area contributed by atoms with E-state index in [9.17, 15) is 9.59 Å². The smallest absolute Gasteiger partial charge is 0.321 e. The highest BCUT2D eigenvalue weighted by molar-refractivity contribution is 5.89. The fourth-order valence-corrected chi connectivity index (χ4v) is 3.52. The molecule has 3 amide bonds. The van der Waals surface area contributed by atoms with Gasteiger partial charge in [0.1, 0.15) is 6.67 Å². The van der Waals surface area contributed by atoms with E-state index in [1.165, 1.54) is 0 Å². The van der Waals surface area contributed by atoms with Gasteiger partial charge < -0.3 is 15.1 Å². The van der Waals surface area contributed by atoms with Crippen molar-refractivity contribution < 1.29 is 14.8 Å². The van der Waals surface area contributed by atoms with Crippen molar-refractivity contribution in [3.8, 4) is 0 Å². The molecule has 28 heavy (non-hydrogen) atoms. The highest BCUT2D eigenvalue weighted by Crippen LogP contribution is 2.24. The number of aliphatic imine (C=N–C) groups is 1. The number of rotatable bonds is 6. The van der Waals surface area contributed by atoms with Crippen LogP contribution < -0.4 is 15.7 Å². The van der Waals surface area contributed by atoms with E-state index in [1.54, 1.807) is 11.7 Å². The van der Waals surface area contributed by atoms with Gasteiger partial charge in [-0.2, -0.15) is 0 Å². The third-order valence-electron chi connectivity index (χ3n) is 5.18. The number of hydroxylamine groups is 1. The van der Waals surface area contributed by atoms with Crippen molar-refractivity contribution in [2.45, 2.75) is 32.1 Å². The summed E-state index contributed by atoms with van der Waals surface area (Å²) >= 11 is 0. The number of carbonyl (C=O) groups excluding carboxylic acids is 2. The molecule has 0 atom stereocenters. The van der Waals surface area contributed by atoms with Gasteiger partial charge >= 0.3 is 6.03 Å². The molecule has 0 aliphatic carbocycles. The first-order valence-corrected chi connectivity index (χ1v) is 9.68. The van der Waals surface area contributed by atoms with Gasteiger partial charge in [-0.1, -0.05) is 0 Å². The predicted molar refractivity (Wildman–Crippen MR) is 109 cm³/mol. The van der Waals surface area contributed by atoms with Crippen LogP contribution in [-0.4, -0.2) is 48.0 Å². The first-order chi connectivity index (χ1) is 13.7. The summed E-state index contributed by atoms with van der Waals surface area (Å²) in [6, 6.07) is 7.66. The third kappa shape index (κ3) is 5.56. The SMILES string of the molecule is O=C(CCCC1CCN(C(=O)Nc2ccc(N3C=CC=NC3)cc2)CC1)NO. The van der Waals surface area contributed by atoms with Gasteiger partial charge in [-0.05, 0) is 61.9 Å². The Bertz CT molecular complexity index is 724. The quantitative estimate of drug-likeness (QED) is 0.518. The number of allylic oxidation sites excluding steroid dienone is 1. The predicted octanol–water partition coefficient (Wildman–Crippen LogP) is 2.97. The molecule has 1 aromatic carbocycles. The van der Waals surface area contributed by atoms with Crippen LogP contribution >= 0.6 is 0 Å². The molecule has 0 radical (unpaired) electrons. The van der Waals surface area contributed by atoms with Crippen LogP contribution in [0.2, 0.25) is 0 Å². The average Bonchev–Trinajstić information content (AvgIpc) is 2.75. The van der Waals surface area contributed by atoms with Crippen LogP contribution in [0.4, 0.5) is 16.2 Å². The molecule has 2 aliphatic rings. The largest absolute Gasteiger partial charge is 0.328 e. The maximum atomic E-state index is 12.5. The number of anilines is 2. The van der Waals surface area contributed by atoms with Crippen molar-refractivity contribution >= 4 is 29.5 Å². The van der Waals surface area contributed by atoms with Crippen LogP contribution in [0.1, 0.15) is 32.1 Å². The molecule has 0 spiro atoms. The number of urea groups is 1. The summed E-state index contributed by atoms with van der Waals surface area (Å²) in [5.74, 6) is 0.182. The fraction of sp³-hybridized carbons (Fsp3) is 0.450. The number of carbonyl (C=O) groups is 2. The summed E-state index contributed by atoms with van der Waals surface area (Å²) in [4.78, 5) is 31.6. The summed E-state index contributed by atoms with van der Waals surface area (Å²) in [5, 5.41) is 11.5. The molecule has 3 rings (SSSR count). The highest BCUT2D eigenvalue weighted by Gasteiger charge is 2.22. The number of nitrogens with zero attached hydrogens (tertiary/aromatic N) is 3. The molecule has 2 heterocycles. The van der Waals surface area contributed by atoms with Gasteiger partial charge in [-0.3, -0.25) is 15.0 Å². The van der Waals surface area contributed by atoms with Crippen molar-refractivity contribution in [3.63, 3.8) is 0 Å². The van der Waals surface area contributed by atoms with Crippen molar-refractivity contribution in [2.75, 3.05) is 30.0 Å². The van der Waals surface area contributed by atoms with Crippen LogP contribution in [-0.2, 0) is 4.79 Å². The number of hydrogen-bond donors (Lipinski definition) is 3. The van der Waals surface area contributed by atoms with E-state index in [1.807, 2.05) is 46.3 Å². The van der Waals surface area contributed by atoms with Gasteiger partial charge in [0.25, 0.3) is 0 Å². The van der Waals surface area contributed by atoms with Crippen molar-refractivity contribution in [2.24, 2.45) is 10.9 Å². The Morgan fingerprint density at radius 1 is 1.18 bits per heavy atom. The van der Waals surface area contributed by atoms with Crippen LogP contribution in [0.15, 0.2) is 41.5 Å². The second-order valence-electron chi connectivity index (χ2n) is 7.12. The minimum Gasteiger partial charge on any atom is -0.328 e. The van der Waals surface area contributed by atoms with E-state index in [-0.39, 0.29) is 11.9 Å². The Morgan fingerprint density at radius 3 is 2.57 bits per heavy atom. The lowest BCUT2D eigenvalue weighted by Gasteiger charge is -2.32. The fourth-order valence-electron chi connectivity index (χ4n) is 3.52. The molecule has 3 N–H and O–H groups in total. The molecule has 1 aromatic rings. The van der Waals surface area contributed by atoms with Crippen LogP contribution in [0.25, 0.3) is 0 Å². The molecule has 1 saturated heterocycles. The van der Waals surface area contributed by atoms with E-state index in [0.29, 0.717) is 19.0 Å². The van der Waals surface area contributed by atoms with Gasteiger partial charge in [0.15, 0.2) is 0 Å². The van der Waals surface area contributed by atoms with Crippen LogP contribution in [0, 0.1) is 5.92 Å². The monoisotopic (exact) mass is 385 g/mol. The number of amides is 3. The van der Waals surface area contributed by atoms with E-state index < -0.39 is 0 Å². The molecule has 2 aliphatic heterocycles. The molecule has 0 saturated carbocycles. The number of benzene rings is 1. The summed E-state index contributed by atoms with van der Waals surface area (Å²) in [6.07, 6.45) is 9.56. The maximum Gasteiger partial charge on any atom is 0.321 e. The molecule has 0 bridgehead atoms.